The van der Waals surface area contributed by atoms with Crippen molar-refractivity contribution in [1.29, 1.82) is 0 Å². The van der Waals surface area contributed by atoms with Crippen molar-refractivity contribution < 1.29 is 0 Å². The summed E-state index contributed by atoms with van der Waals surface area (Å²) in [5.41, 5.74) is 7.59. The van der Waals surface area contributed by atoms with E-state index in [1.54, 1.807) is 0 Å². The van der Waals surface area contributed by atoms with Crippen LogP contribution in [0.25, 0.3) is 0 Å². The van der Waals surface area contributed by atoms with Crippen LogP contribution < -0.4 is 5.73 Å². The molecule has 0 aliphatic carbocycles. The number of aromatic nitrogens is 1. The highest BCUT2D eigenvalue weighted by atomic mass is 15.3. The minimum atomic E-state index is 0.157. The highest BCUT2D eigenvalue weighted by molar-refractivity contribution is 5.09. The molecular formula is C17H28N4. The number of hydrogen-bond donors (Lipinski definition) is 1. The van der Waals surface area contributed by atoms with E-state index in [2.05, 4.69) is 40.9 Å². The van der Waals surface area contributed by atoms with Gasteiger partial charge in [-0.3, -0.25) is 9.88 Å². The summed E-state index contributed by atoms with van der Waals surface area (Å²) in [6, 6.07) is 7.60. The summed E-state index contributed by atoms with van der Waals surface area (Å²) in [7, 11) is 2.29. The Hall–Kier alpha value is -0.970. The van der Waals surface area contributed by atoms with Gasteiger partial charge in [0.2, 0.25) is 0 Å². The first-order chi connectivity index (χ1) is 10.2. The van der Waals surface area contributed by atoms with Crippen LogP contribution in [-0.2, 0) is 6.54 Å². The van der Waals surface area contributed by atoms with Gasteiger partial charge in [0.25, 0.3) is 0 Å². The molecule has 21 heavy (non-hydrogen) atoms. The van der Waals surface area contributed by atoms with E-state index in [-0.39, 0.29) is 5.54 Å². The van der Waals surface area contributed by atoms with E-state index in [0.29, 0.717) is 12.1 Å². The lowest BCUT2D eigenvalue weighted by Gasteiger charge is -2.50. The summed E-state index contributed by atoms with van der Waals surface area (Å²) in [4.78, 5) is 9.67. The van der Waals surface area contributed by atoms with Crippen LogP contribution in [0, 0.1) is 0 Å². The molecule has 1 aromatic rings. The van der Waals surface area contributed by atoms with Crippen molar-refractivity contribution in [2.24, 2.45) is 5.73 Å². The first-order valence-corrected chi connectivity index (χ1v) is 8.25. The van der Waals surface area contributed by atoms with Crippen LogP contribution in [0.5, 0.6) is 0 Å². The molecule has 3 rings (SSSR count). The number of likely N-dealkylation sites (N-methyl/N-ethyl adjacent to an activating group) is 1. The van der Waals surface area contributed by atoms with E-state index in [0.717, 1.165) is 25.3 Å². The largest absolute Gasteiger partial charge is 0.329 e. The van der Waals surface area contributed by atoms with Gasteiger partial charge < -0.3 is 10.6 Å². The van der Waals surface area contributed by atoms with E-state index in [9.17, 15) is 0 Å². The fourth-order valence-electron chi connectivity index (χ4n) is 4.40. The number of nitrogens with zero attached hydrogens (tertiary/aromatic N) is 3. The van der Waals surface area contributed by atoms with Gasteiger partial charge in [-0.25, -0.2) is 0 Å². The van der Waals surface area contributed by atoms with E-state index >= 15 is 0 Å². The fourth-order valence-corrected chi connectivity index (χ4v) is 4.40. The minimum Gasteiger partial charge on any atom is -0.329 e. The maximum atomic E-state index is 6.29. The normalized spacial score (nSPS) is 32.8. The maximum absolute atomic E-state index is 6.29. The van der Waals surface area contributed by atoms with E-state index in [1.165, 1.54) is 25.7 Å². The van der Waals surface area contributed by atoms with Gasteiger partial charge in [0.15, 0.2) is 0 Å². The van der Waals surface area contributed by atoms with Gasteiger partial charge in [0.05, 0.1) is 5.69 Å². The van der Waals surface area contributed by atoms with Crippen molar-refractivity contribution in [3.05, 3.63) is 30.1 Å². The molecule has 0 amide bonds. The Balaban J connectivity index is 1.80. The van der Waals surface area contributed by atoms with Gasteiger partial charge in [-0.05, 0) is 51.4 Å². The molecule has 2 bridgehead atoms. The molecule has 0 saturated carbocycles. The van der Waals surface area contributed by atoms with Crippen LogP contribution in [0.4, 0.5) is 0 Å². The molecule has 2 atom stereocenters. The fraction of sp³-hybridized carbons (Fsp3) is 0.706. The Morgan fingerprint density at radius 1 is 1.33 bits per heavy atom. The molecule has 2 unspecified atom stereocenters. The Bertz CT molecular complexity index is 447. The van der Waals surface area contributed by atoms with Crippen molar-refractivity contribution in [2.45, 2.75) is 56.8 Å². The lowest BCUT2D eigenvalue weighted by Crippen LogP contribution is -2.61. The second kappa shape index (κ2) is 6.03. The topological polar surface area (TPSA) is 45.4 Å². The maximum Gasteiger partial charge on any atom is 0.0544 e. The van der Waals surface area contributed by atoms with Crippen LogP contribution >= 0.6 is 0 Å². The molecule has 3 heterocycles. The van der Waals surface area contributed by atoms with Crippen molar-refractivity contribution in [1.82, 2.24) is 14.8 Å². The average molecular weight is 288 g/mol. The molecule has 2 N–H and O–H groups in total. The molecule has 4 nitrogen and oxygen atoms in total. The first-order valence-electron chi connectivity index (χ1n) is 8.25. The Morgan fingerprint density at radius 3 is 2.57 bits per heavy atom. The van der Waals surface area contributed by atoms with Gasteiger partial charge in [0, 0.05) is 36.9 Å². The Kier molecular flexibility index (Phi) is 4.29. The SMILES string of the molecule is CCN(Cc1ccccn1)C1(CN)CC2CCC(C1)N2C. The van der Waals surface area contributed by atoms with E-state index in [1.807, 2.05) is 12.3 Å². The third-order valence-electron chi connectivity index (χ3n) is 5.73. The molecule has 0 spiro atoms. The van der Waals surface area contributed by atoms with Gasteiger partial charge in [-0.2, -0.15) is 0 Å². The zero-order valence-electron chi connectivity index (χ0n) is 13.3. The number of rotatable bonds is 5. The third-order valence-corrected chi connectivity index (χ3v) is 5.73. The predicted octanol–water partition coefficient (Wildman–Crippen LogP) is 1.86. The molecule has 0 aromatic carbocycles. The van der Waals surface area contributed by atoms with Crippen molar-refractivity contribution >= 4 is 0 Å². The van der Waals surface area contributed by atoms with Crippen molar-refractivity contribution in [2.75, 3.05) is 20.1 Å². The Morgan fingerprint density at radius 2 is 2.05 bits per heavy atom. The van der Waals surface area contributed by atoms with Crippen LogP contribution in [0.3, 0.4) is 0 Å². The Labute approximate surface area is 128 Å². The molecule has 2 aliphatic heterocycles. The first kappa shape index (κ1) is 14.9. The highest BCUT2D eigenvalue weighted by Gasteiger charge is 2.48. The summed E-state index contributed by atoms with van der Waals surface area (Å²) >= 11 is 0. The van der Waals surface area contributed by atoms with E-state index in [4.69, 9.17) is 5.73 Å². The van der Waals surface area contributed by atoms with Crippen LogP contribution in [0.2, 0.25) is 0 Å². The zero-order valence-corrected chi connectivity index (χ0v) is 13.3. The molecule has 2 saturated heterocycles. The number of hydrogen-bond acceptors (Lipinski definition) is 4. The van der Waals surface area contributed by atoms with Crippen LogP contribution in [-0.4, -0.2) is 52.5 Å². The summed E-state index contributed by atoms with van der Waals surface area (Å²) in [5.74, 6) is 0. The molecule has 116 valence electrons. The van der Waals surface area contributed by atoms with Gasteiger partial charge in [0.1, 0.15) is 0 Å². The number of fused-ring (bicyclic) bond motifs is 2. The molecule has 1 aromatic heterocycles. The lowest BCUT2D eigenvalue weighted by molar-refractivity contribution is -0.00188. The summed E-state index contributed by atoms with van der Waals surface area (Å²) in [5, 5.41) is 0. The zero-order chi connectivity index (χ0) is 14.9. The van der Waals surface area contributed by atoms with Crippen molar-refractivity contribution in [3.8, 4) is 0 Å². The second-order valence-corrected chi connectivity index (χ2v) is 6.72. The standard InChI is InChI=1S/C17H28N4/c1-3-21(12-14-6-4-5-9-19-14)17(13-18)10-15-7-8-16(11-17)20(15)2/h4-6,9,15-16H,3,7-8,10-13,18H2,1-2H3. The second-order valence-electron chi connectivity index (χ2n) is 6.72. The van der Waals surface area contributed by atoms with Gasteiger partial charge in [-0.1, -0.05) is 13.0 Å². The summed E-state index contributed by atoms with van der Waals surface area (Å²) in [6.07, 6.45) is 6.97. The summed E-state index contributed by atoms with van der Waals surface area (Å²) < 4.78 is 0. The van der Waals surface area contributed by atoms with Gasteiger partial charge >= 0.3 is 0 Å². The lowest BCUT2D eigenvalue weighted by atomic mass is 9.81. The molecular weight excluding hydrogens is 260 g/mol. The molecule has 0 radical (unpaired) electrons. The minimum absolute atomic E-state index is 0.157. The monoisotopic (exact) mass is 288 g/mol. The number of pyridine rings is 1. The van der Waals surface area contributed by atoms with Crippen LogP contribution in [0.1, 0.15) is 38.3 Å². The summed E-state index contributed by atoms with van der Waals surface area (Å²) in [6.45, 7) is 4.96. The predicted molar refractivity (Wildman–Crippen MR) is 85.9 cm³/mol. The quantitative estimate of drug-likeness (QED) is 0.898. The smallest absolute Gasteiger partial charge is 0.0544 e. The number of nitrogens with two attached hydrogens (primary N) is 1. The molecule has 4 heteroatoms. The molecule has 2 fully saturated rings. The van der Waals surface area contributed by atoms with E-state index < -0.39 is 0 Å². The van der Waals surface area contributed by atoms with Gasteiger partial charge in [-0.15, -0.1) is 0 Å². The highest BCUT2D eigenvalue weighted by Crippen LogP contribution is 2.42. The third kappa shape index (κ3) is 2.72. The molecule has 2 aliphatic rings. The van der Waals surface area contributed by atoms with Crippen molar-refractivity contribution in [3.63, 3.8) is 0 Å². The average Bonchev–Trinajstić information content (AvgIpc) is 2.76. The van der Waals surface area contributed by atoms with Crippen LogP contribution in [0.15, 0.2) is 24.4 Å². The number of piperidine rings is 1.